The quantitative estimate of drug-likeness (QED) is 0.206. The van der Waals surface area contributed by atoms with Gasteiger partial charge < -0.3 is 9.47 Å². The van der Waals surface area contributed by atoms with Crippen molar-refractivity contribution in [1.29, 1.82) is 0 Å². The van der Waals surface area contributed by atoms with Crippen LogP contribution in [0.3, 0.4) is 0 Å². The molecule has 2 aromatic carbocycles. The number of methoxy groups -OCH3 is 1. The normalized spacial score (nSPS) is 29.1. The molecule has 4 bridgehead atoms. The Morgan fingerprint density at radius 3 is 2.25 bits per heavy atom. The van der Waals surface area contributed by atoms with Crippen molar-refractivity contribution in [2.24, 2.45) is 17.8 Å². The molecule has 0 radical (unpaired) electrons. The maximum absolute atomic E-state index is 13.6. The molecular weight excluding hydrogens is 619 g/mol. The summed E-state index contributed by atoms with van der Waals surface area (Å²) in [6.07, 6.45) is 10.2. The molecule has 1 N–H and O–H groups in total. The van der Waals surface area contributed by atoms with Crippen molar-refractivity contribution in [2.45, 2.75) is 70.3 Å². The molecule has 8 heteroatoms. The van der Waals surface area contributed by atoms with E-state index in [4.69, 9.17) is 9.47 Å². The molecule has 7 nitrogen and oxygen atoms in total. The number of ether oxygens (including phenoxy) is 2. The maximum atomic E-state index is 13.6. The molecule has 0 spiro atoms. The number of carbonyl (C=O) groups excluding carboxylic acids is 3. The summed E-state index contributed by atoms with van der Waals surface area (Å²) in [7, 11) is 1.55. The highest BCUT2D eigenvalue weighted by Gasteiger charge is 2.51. The number of hydrogen-bond acceptors (Lipinski definition) is 5. The number of anilines is 1. The summed E-state index contributed by atoms with van der Waals surface area (Å²) >= 11 is 2.16. The first-order chi connectivity index (χ1) is 19.2. The van der Waals surface area contributed by atoms with Crippen molar-refractivity contribution < 1.29 is 23.9 Å². The second-order valence-electron chi connectivity index (χ2n) is 12.1. The third-order valence-electron chi connectivity index (χ3n) is 9.33. The van der Waals surface area contributed by atoms with Crippen molar-refractivity contribution >= 4 is 52.2 Å². The minimum atomic E-state index is -0.737. The Labute approximate surface area is 248 Å². The van der Waals surface area contributed by atoms with Crippen LogP contribution in [0.5, 0.6) is 11.5 Å². The SMILES string of the molecule is CC[C@H](C)Oc1c(I)cc(/C=C2\C(=O)NC(=O)N(c3ccc(C45CC6CC(CC(C6)C4)C5)cc3)C2=O)cc1OC. The highest BCUT2D eigenvalue weighted by molar-refractivity contribution is 14.1. The van der Waals surface area contributed by atoms with Gasteiger partial charge >= 0.3 is 6.03 Å². The van der Waals surface area contributed by atoms with Crippen LogP contribution >= 0.6 is 22.6 Å². The third kappa shape index (κ3) is 4.82. The molecule has 1 saturated heterocycles. The average molecular weight is 655 g/mol. The molecule has 7 rings (SSSR count). The van der Waals surface area contributed by atoms with Crippen LogP contribution in [0, 0.1) is 21.3 Å². The van der Waals surface area contributed by atoms with Gasteiger partial charge in [0.1, 0.15) is 5.57 Å². The van der Waals surface area contributed by atoms with Gasteiger partial charge in [0.2, 0.25) is 0 Å². The monoisotopic (exact) mass is 654 g/mol. The molecule has 4 aliphatic carbocycles. The fourth-order valence-corrected chi connectivity index (χ4v) is 8.46. The third-order valence-corrected chi connectivity index (χ3v) is 10.1. The zero-order chi connectivity index (χ0) is 28.2. The van der Waals surface area contributed by atoms with E-state index in [0.29, 0.717) is 22.7 Å². The van der Waals surface area contributed by atoms with Gasteiger partial charge in [0.25, 0.3) is 11.8 Å². The second-order valence-corrected chi connectivity index (χ2v) is 13.2. The number of rotatable bonds is 7. The minimum Gasteiger partial charge on any atom is -0.493 e. The Hall–Kier alpha value is -2.88. The molecule has 4 saturated carbocycles. The van der Waals surface area contributed by atoms with Crippen LogP contribution in [0.25, 0.3) is 6.08 Å². The van der Waals surface area contributed by atoms with Gasteiger partial charge in [-0.05, 0) is 139 Å². The van der Waals surface area contributed by atoms with Crippen molar-refractivity contribution in [2.75, 3.05) is 12.0 Å². The lowest BCUT2D eigenvalue weighted by Crippen LogP contribution is -2.54. The molecule has 210 valence electrons. The summed E-state index contributed by atoms with van der Waals surface area (Å²) in [6, 6.07) is 10.7. The van der Waals surface area contributed by atoms with Crippen LogP contribution in [0.1, 0.15) is 69.9 Å². The van der Waals surface area contributed by atoms with E-state index in [2.05, 4.69) is 40.0 Å². The molecule has 2 aromatic rings. The molecule has 5 fully saturated rings. The van der Waals surface area contributed by atoms with E-state index < -0.39 is 17.8 Å². The molecule has 1 atom stereocenters. The van der Waals surface area contributed by atoms with E-state index in [-0.39, 0.29) is 17.1 Å². The van der Waals surface area contributed by atoms with Crippen LogP contribution in [0.2, 0.25) is 0 Å². The number of nitrogens with zero attached hydrogens (tertiary/aromatic N) is 1. The van der Waals surface area contributed by atoms with Crippen molar-refractivity contribution in [3.05, 3.63) is 56.7 Å². The van der Waals surface area contributed by atoms with Crippen molar-refractivity contribution in [3.8, 4) is 11.5 Å². The smallest absolute Gasteiger partial charge is 0.335 e. The summed E-state index contributed by atoms with van der Waals surface area (Å²) in [5, 5.41) is 2.34. The number of barbiturate groups is 1. The summed E-state index contributed by atoms with van der Waals surface area (Å²) < 4.78 is 12.4. The Morgan fingerprint density at radius 1 is 1.05 bits per heavy atom. The Bertz CT molecular complexity index is 1360. The lowest BCUT2D eigenvalue weighted by atomic mass is 9.48. The van der Waals surface area contributed by atoms with Gasteiger partial charge in [-0.2, -0.15) is 0 Å². The van der Waals surface area contributed by atoms with Crippen molar-refractivity contribution in [1.82, 2.24) is 5.32 Å². The second kappa shape index (κ2) is 10.5. The fraction of sp³-hybridized carbons (Fsp3) is 0.469. The van der Waals surface area contributed by atoms with Crippen molar-refractivity contribution in [3.63, 3.8) is 0 Å². The summed E-state index contributed by atoms with van der Waals surface area (Å²) in [5.74, 6) is 2.26. The van der Waals surface area contributed by atoms with Gasteiger partial charge in [-0.3, -0.25) is 14.9 Å². The predicted octanol–water partition coefficient (Wildman–Crippen LogP) is 6.61. The number of urea groups is 1. The summed E-state index contributed by atoms with van der Waals surface area (Å²) in [4.78, 5) is 40.3. The number of amides is 4. The number of nitrogens with one attached hydrogen (secondary N) is 1. The van der Waals surface area contributed by atoms with Crippen LogP contribution in [-0.2, 0) is 15.0 Å². The molecule has 0 aromatic heterocycles. The molecule has 1 aliphatic heterocycles. The first-order valence-electron chi connectivity index (χ1n) is 14.3. The van der Waals surface area contributed by atoms with E-state index in [1.54, 1.807) is 13.2 Å². The Kier molecular flexibility index (Phi) is 7.17. The lowest BCUT2D eigenvalue weighted by molar-refractivity contribution is -0.122. The van der Waals surface area contributed by atoms with E-state index >= 15 is 0 Å². The summed E-state index contributed by atoms with van der Waals surface area (Å²) in [6.45, 7) is 4.03. The number of benzene rings is 2. The highest BCUT2D eigenvalue weighted by atomic mass is 127. The van der Waals surface area contributed by atoms with Gasteiger partial charge in [-0.25, -0.2) is 9.69 Å². The van der Waals surface area contributed by atoms with Gasteiger partial charge in [0.15, 0.2) is 11.5 Å². The molecular formula is C32H35IN2O5. The fourth-order valence-electron chi connectivity index (χ4n) is 7.71. The van der Waals surface area contributed by atoms with E-state index in [1.807, 2.05) is 32.0 Å². The standard InChI is InChI=1S/C32H35IN2O5/c1-4-18(2)40-28-26(33)13-19(14-27(28)39-3)12-25-29(36)34-31(38)35(30(25)37)24-7-5-23(6-8-24)32-15-20-9-21(16-32)11-22(10-20)17-32/h5-8,12-14,18,20-22H,4,9-11,15-17H2,1-3H3,(H,34,36,38)/b25-12+/t18-,20?,21?,22?,32?/m0/s1. The van der Waals surface area contributed by atoms with Gasteiger partial charge in [-0.15, -0.1) is 0 Å². The number of halogens is 1. The molecule has 5 aliphatic rings. The number of hydrogen-bond donors (Lipinski definition) is 1. The van der Waals surface area contributed by atoms with Gasteiger partial charge in [0, 0.05) is 0 Å². The molecule has 1 heterocycles. The van der Waals surface area contributed by atoms with E-state index in [1.165, 1.54) is 50.2 Å². The zero-order valence-electron chi connectivity index (χ0n) is 23.2. The topological polar surface area (TPSA) is 84.9 Å². The first kappa shape index (κ1) is 27.3. The lowest BCUT2D eigenvalue weighted by Gasteiger charge is -2.57. The van der Waals surface area contributed by atoms with Crippen LogP contribution < -0.4 is 19.7 Å². The highest BCUT2D eigenvalue weighted by Crippen LogP contribution is 2.60. The molecule has 40 heavy (non-hydrogen) atoms. The average Bonchev–Trinajstić information content (AvgIpc) is 2.91. The number of imide groups is 2. The van der Waals surface area contributed by atoms with Crippen LogP contribution in [0.4, 0.5) is 10.5 Å². The van der Waals surface area contributed by atoms with Gasteiger partial charge in [0.05, 0.1) is 22.5 Å². The first-order valence-corrected chi connectivity index (χ1v) is 15.3. The molecule has 4 amide bonds. The Morgan fingerprint density at radius 2 is 1.68 bits per heavy atom. The van der Waals surface area contributed by atoms with Crippen LogP contribution in [0.15, 0.2) is 42.0 Å². The van der Waals surface area contributed by atoms with Crippen LogP contribution in [-0.4, -0.2) is 31.1 Å². The maximum Gasteiger partial charge on any atom is 0.335 e. The molecule has 0 unspecified atom stereocenters. The Balaban J connectivity index is 1.27. The minimum absolute atomic E-state index is 0.00576. The predicted molar refractivity (Wildman–Crippen MR) is 161 cm³/mol. The zero-order valence-corrected chi connectivity index (χ0v) is 25.3. The summed E-state index contributed by atoms with van der Waals surface area (Å²) in [5.41, 5.74) is 2.48. The largest absolute Gasteiger partial charge is 0.493 e. The number of carbonyl (C=O) groups is 3. The van der Waals surface area contributed by atoms with E-state index in [9.17, 15) is 14.4 Å². The van der Waals surface area contributed by atoms with E-state index in [0.717, 1.165) is 32.6 Å². The van der Waals surface area contributed by atoms with Gasteiger partial charge in [-0.1, -0.05) is 19.1 Å².